The zero-order valence-corrected chi connectivity index (χ0v) is 18.2. The highest BCUT2D eigenvalue weighted by atomic mass is 127. The van der Waals surface area contributed by atoms with Gasteiger partial charge >= 0.3 is 0 Å². The van der Waals surface area contributed by atoms with Crippen molar-refractivity contribution in [2.75, 3.05) is 31.5 Å². The van der Waals surface area contributed by atoms with Crippen molar-refractivity contribution in [1.29, 1.82) is 0 Å². The standard InChI is InChI=1S/C18H25N5O4.HI/c1-3-19-17(22-13-18(2,24)16-5-4-12-27-16)21-11-10-20-14-6-8-15(9-7-14)23(25)26;/h4-9,12,20,24H,3,10-11,13H2,1-2H3,(H2,19,21,22);1H. The molecule has 0 saturated heterocycles. The number of nitro groups is 1. The Morgan fingerprint density at radius 3 is 2.54 bits per heavy atom. The minimum absolute atomic E-state index is 0. The Bertz CT molecular complexity index is 748. The third-order valence-corrected chi connectivity index (χ3v) is 3.77. The first kappa shape index (κ1) is 23.7. The van der Waals surface area contributed by atoms with E-state index in [0.717, 1.165) is 5.69 Å². The Balaban J connectivity index is 0.00000392. The molecule has 2 aromatic rings. The minimum Gasteiger partial charge on any atom is -0.466 e. The molecule has 0 aliphatic heterocycles. The Morgan fingerprint density at radius 2 is 1.96 bits per heavy atom. The van der Waals surface area contributed by atoms with Crippen LogP contribution in [-0.4, -0.2) is 42.2 Å². The number of furan rings is 1. The highest BCUT2D eigenvalue weighted by Crippen LogP contribution is 2.21. The van der Waals surface area contributed by atoms with E-state index in [-0.39, 0.29) is 36.2 Å². The molecule has 0 spiro atoms. The lowest BCUT2D eigenvalue weighted by molar-refractivity contribution is -0.384. The summed E-state index contributed by atoms with van der Waals surface area (Å²) in [6.45, 7) is 5.60. The Kier molecular flexibility index (Phi) is 9.73. The largest absolute Gasteiger partial charge is 0.466 e. The van der Waals surface area contributed by atoms with Gasteiger partial charge < -0.3 is 25.5 Å². The molecule has 0 fully saturated rings. The van der Waals surface area contributed by atoms with Gasteiger partial charge in [0.05, 0.1) is 17.7 Å². The van der Waals surface area contributed by atoms with E-state index in [1.807, 2.05) is 6.92 Å². The van der Waals surface area contributed by atoms with Gasteiger partial charge in [-0.1, -0.05) is 0 Å². The number of aliphatic imine (C=N–C) groups is 1. The molecule has 0 bridgehead atoms. The molecule has 10 heteroatoms. The van der Waals surface area contributed by atoms with Crippen LogP contribution in [0.15, 0.2) is 52.1 Å². The third kappa shape index (κ3) is 7.35. The SMILES string of the molecule is CCNC(=NCC(C)(O)c1ccco1)NCCNc1ccc([N+](=O)[O-])cc1.I. The number of benzene rings is 1. The molecular weight excluding hydrogens is 477 g/mol. The Labute approximate surface area is 180 Å². The molecule has 1 atom stereocenters. The molecule has 4 N–H and O–H groups in total. The van der Waals surface area contributed by atoms with Gasteiger partial charge in [0.1, 0.15) is 11.4 Å². The fourth-order valence-corrected chi connectivity index (χ4v) is 2.33. The molecule has 154 valence electrons. The van der Waals surface area contributed by atoms with Crippen LogP contribution in [0.2, 0.25) is 0 Å². The van der Waals surface area contributed by atoms with Crippen LogP contribution in [0.4, 0.5) is 11.4 Å². The number of rotatable bonds is 9. The number of guanidine groups is 1. The average Bonchev–Trinajstić information content (AvgIpc) is 3.19. The highest BCUT2D eigenvalue weighted by molar-refractivity contribution is 14.0. The van der Waals surface area contributed by atoms with Crippen molar-refractivity contribution < 1.29 is 14.4 Å². The first-order chi connectivity index (χ1) is 12.9. The lowest BCUT2D eigenvalue weighted by Crippen LogP contribution is -2.40. The summed E-state index contributed by atoms with van der Waals surface area (Å²) in [5.41, 5.74) is -0.336. The van der Waals surface area contributed by atoms with E-state index in [2.05, 4.69) is 20.9 Å². The molecule has 1 aromatic carbocycles. The smallest absolute Gasteiger partial charge is 0.269 e. The predicted octanol–water partition coefficient (Wildman–Crippen LogP) is 2.68. The van der Waals surface area contributed by atoms with Gasteiger partial charge in [-0.05, 0) is 38.1 Å². The van der Waals surface area contributed by atoms with Crippen LogP contribution in [-0.2, 0) is 5.60 Å². The molecule has 9 nitrogen and oxygen atoms in total. The van der Waals surface area contributed by atoms with Crippen LogP contribution < -0.4 is 16.0 Å². The van der Waals surface area contributed by atoms with Gasteiger partial charge in [0.25, 0.3) is 5.69 Å². The number of nitrogens with zero attached hydrogens (tertiary/aromatic N) is 2. The monoisotopic (exact) mass is 503 g/mol. The number of halogens is 1. The maximum Gasteiger partial charge on any atom is 0.269 e. The van der Waals surface area contributed by atoms with Crippen LogP contribution in [0, 0.1) is 10.1 Å². The molecule has 0 amide bonds. The second-order valence-electron chi connectivity index (χ2n) is 6.10. The second kappa shape index (κ2) is 11.5. The van der Waals surface area contributed by atoms with Crippen molar-refractivity contribution in [1.82, 2.24) is 10.6 Å². The molecule has 0 aliphatic carbocycles. The topological polar surface area (TPSA) is 125 Å². The molecule has 0 aliphatic rings. The number of hydrogen-bond acceptors (Lipinski definition) is 6. The molecule has 2 rings (SSSR count). The summed E-state index contributed by atoms with van der Waals surface area (Å²) >= 11 is 0. The maximum absolute atomic E-state index is 10.6. The summed E-state index contributed by atoms with van der Waals surface area (Å²) in [5, 5.41) is 30.6. The fourth-order valence-electron chi connectivity index (χ4n) is 2.33. The normalized spacial score (nSPS) is 13.2. The average molecular weight is 503 g/mol. The van der Waals surface area contributed by atoms with E-state index in [1.54, 1.807) is 31.2 Å². The van der Waals surface area contributed by atoms with Crippen molar-refractivity contribution in [2.24, 2.45) is 4.99 Å². The van der Waals surface area contributed by atoms with Crippen molar-refractivity contribution in [2.45, 2.75) is 19.4 Å². The zero-order valence-electron chi connectivity index (χ0n) is 15.8. The quantitative estimate of drug-likeness (QED) is 0.104. The van der Waals surface area contributed by atoms with Gasteiger partial charge in [0.2, 0.25) is 0 Å². The molecule has 0 saturated carbocycles. The molecular formula is C18H26IN5O4. The minimum atomic E-state index is -1.19. The summed E-state index contributed by atoms with van der Waals surface area (Å²) in [5.74, 6) is 1.04. The third-order valence-electron chi connectivity index (χ3n) is 3.77. The van der Waals surface area contributed by atoms with E-state index >= 15 is 0 Å². The zero-order chi connectivity index (χ0) is 19.7. The van der Waals surface area contributed by atoms with E-state index in [1.165, 1.54) is 18.4 Å². The van der Waals surface area contributed by atoms with Gasteiger partial charge in [-0.3, -0.25) is 10.1 Å². The van der Waals surface area contributed by atoms with Gasteiger partial charge in [-0.2, -0.15) is 0 Å². The van der Waals surface area contributed by atoms with Gasteiger partial charge in [0.15, 0.2) is 5.96 Å². The van der Waals surface area contributed by atoms with Crippen molar-refractivity contribution in [3.63, 3.8) is 0 Å². The highest BCUT2D eigenvalue weighted by Gasteiger charge is 2.26. The number of anilines is 1. The van der Waals surface area contributed by atoms with E-state index in [4.69, 9.17) is 4.42 Å². The number of nitrogens with one attached hydrogen (secondary N) is 3. The van der Waals surface area contributed by atoms with Crippen LogP contribution in [0.1, 0.15) is 19.6 Å². The summed E-state index contributed by atoms with van der Waals surface area (Å²) in [6, 6.07) is 9.68. The van der Waals surface area contributed by atoms with E-state index in [0.29, 0.717) is 31.4 Å². The van der Waals surface area contributed by atoms with Crippen LogP contribution in [0.25, 0.3) is 0 Å². The predicted molar refractivity (Wildman–Crippen MR) is 119 cm³/mol. The van der Waals surface area contributed by atoms with Crippen molar-refractivity contribution >= 4 is 41.3 Å². The Morgan fingerprint density at radius 1 is 1.25 bits per heavy atom. The molecule has 1 unspecified atom stereocenters. The van der Waals surface area contributed by atoms with E-state index in [9.17, 15) is 15.2 Å². The first-order valence-corrected chi connectivity index (χ1v) is 8.69. The first-order valence-electron chi connectivity index (χ1n) is 8.69. The summed E-state index contributed by atoms with van der Waals surface area (Å²) < 4.78 is 5.25. The Hall–Kier alpha value is -2.34. The summed E-state index contributed by atoms with van der Waals surface area (Å²) in [7, 11) is 0. The van der Waals surface area contributed by atoms with E-state index < -0.39 is 10.5 Å². The lowest BCUT2D eigenvalue weighted by Gasteiger charge is -2.19. The van der Waals surface area contributed by atoms with Gasteiger partial charge in [-0.15, -0.1) is 24.0 Å². The van der Waals surface area contributed by atoms with Crippen molar-refractivity contribution in [3.05, 3.63) is 58.5 Å². The lowest BCUT2D eigenvalue weighted by atomic mass is 10.0. The van der Waals surface area contributed by atoms with Crippen LogP contribution >= 0.6 is 24.0 Å². The van der Waals surface area contributed by atoms with Gasteiger partial charge in [0, 0.05) is 37.5 Å². The molecule has 1 heterocycles. The molecule has 1 aromatic heterocycles. The number of aliphatic hydroxyl groups is 1. The number of hydrogen-bond donors (Lipinski definition) is 4. The van der Waals surface area contributed by atoms with Crippen LogP contribution in [0.3, 0.4) is 0 Å². The summed E-state index contributed by atoms with van der Waals surface area (Å²) in [4.78, 5) is 14.6. The fraction of sp³-hybridized carbons (Fsp3) is 0.389. The summed E-state index contributed by atoms with van der Waals surface area (Å²) in [6.07, 6.45) is 1.51. The molecule has 28 heavy (non-hydrogen) atoms. The maximum atomic E-state index is 10.6. The van der Waals surface area contributed by atoms with Crippen molar-refractivity contribution in [3.8, 4) is 0 Å². The van der Waals surface area contributed by atoms with Crippen LogP contribution in [0.5, 0.6) is 0 Å². The second-order valence-corrected chi connectivity index (χ2v) is 6.10. The number of non-ortho nitro benzene ring substituents is 1. The molecule has 0 radical (unpaired) electrons. The number of nitro benzene ring substituents is 1. The van der Waals surface area contributed by atoms with Gasteiger partial charge in [-0.25, -0.2) is 4.99 Å².